The van der Waals surface area contributed by atoms with Gasteiger partial charge in [-0.3, -0.25) is 4.79 Å². The van der Waals surface area contributed by atoms with Gasteiger partial charge in [-0.2, -0.15) is 0 Å². The fourth-order valence-electron chi connectivity index (χ4n) is 2.92. The molecule has 26 heavy (non-hydrogen) atoms. The summed E-state index contributed by atoms with van der Waals surface area (Å²) in [6.07, 6.45) is 2.15. The zero-order valence-electron chi connectivity index (χ0n) is 14.9. The van der Waals surface area contributed by atoms with Gasteiger partial charge in [-0.05, 0) is 51.1 Å². The van der Waals surface area contributed by atoms with E-state index in [9.17, 15) is 4.79 Å². The number of thiazole rings is 1. The number of nitrogens with zero attached hydrogens (tertiary/aromatic N) is 2. The Bertz CT molecular complexity index is 694. The third-order valence-corrected chi connectivity index (χ3v) is 5.14. The highest BCUT2D eigenvalue weighted by Crippen LogP contribution is 2.26. The van der Waals surface area contributed by atoms with Gasteiger partial charge in [-0.1, -0.05) is 0 Å². The summed E-state index contributed by atoms with van der Waals surface area (Å²) < 4.78 is 5.46. The summed E-state index contributed by atoms with van der Waals surface area (Å²) >= 11 is 1.51. The van der Waals surface area contributed by atoms with Crippen molar-refractivity contribution in [2.24, 2.45) is 0 Å². The number of piperidine rings is 1. The second-order valence-electron chi connectivity index (χ2n) is 5.87. The van der Waals surface area contributed by atoms with Gasteiger partial charge >= 0.3 is 0 Å². The Hall–Kier alpha value is -1.34. The smallest absolute Gasteiger partial charge is 0.273 e. The number of benzene rings is 1. The first kappa shape index (κ1) is 22.7. The van der Waals surface area contributed by atoms with E-state index in [1.54, 1.807) is 0 Å². The van der Waals surface area contributed by atoms with Crippen LogP contribution >= 0.6 is 36.2 Å². The van der Waals surface area contributed by atoms with Gasteiger partial charge in [0, 0.05) is 30.1 Å². The Morgan fingerprint density at radius 2 is 2.08 bits per heavy atom. The molecule has 1 amide bonds. The highest BCUT2D eigenvalue weighted by Gasteiger charge is 2.25. The van der Waals surface area contributed by atoms with Crippen molar-refractivity contribution in [3.05, 3.63) is 35.3 Å². The molecule has 1 saturated heterocycles. The van der Waals surface area contributed by atoms with E-state index in [1.165, 1.54) is 11.3 Å². The maximum Gasteiger partial charge on any atom is 0.273 e. The first-order valence-corrected chi connectivity index (χ1v) is 9.24. The summed E-state index contributed by atoms with van der Waals surface area (Å²) in [5.74, 6) is 0.879. The molecule has 3 rings (SSSR count). The Balaban J connectivity index is 0.00000169. The van der Waals surface area contributed by atoms with Crippen LogP contribution in [0.5, 0.6) is 5.75 Å². The van der Waals surface area contributed by atoms with Crippen molar-refractivity contribution in [3.8, 4) is 16.3 Å². The molecule has 144 valence electrons. The number of ether oxygens (including phenoxy) is 1. The second-order valence-corrected chi connectivity index (χ2v) is 6.73. The summed E-state index contributed by atoms with van der Waals surface area (Å²) in [7, 11) is 1.95. The molecule has 1 N–H and O–H groups in total. The Labute approximate surface area is 171 Å². The number of carbonyl (C=O) groups excluding carboxylic acids is 1. The van der Waals surface area contributed by atoms with E-state index in [0.717, 1.165) is 42.3 Å². The average molecular weight is 418 g/mol. The largest absolute Gasteiger partial charge is 0.494 e. The van der Waals surface area contributed by atoms with Gasteiger partial charge < -0.3 is 15.0 Å². The molecule has 0 saturated carbocycles. The van der Waals surface area contributed by atoms with Crippen LogP contribution in [0.3, 0.4) is 0 Å². The highest BCUT2D eigenvalue weighted by atomic mass is 35.5. The lowest BCUT2D eigenvalue weighted by Gasteiger charge is -2.32. The molecule has 1 aliphatic rings. The van der Waals surface area contributed by atoms with Crippen LogP contribution in [0, 0.1) is 0 Å². The van der Waals surface area contributed by atoms with Crippen LogP contribution in [0.1, 0.15) is 30.3 Å². The third-order valence-electron chi connectivity index (χ3n) is 4.25. The monoisotopic (exact) mass is 417 g/mol. The zero-order valence-corrected chi connectivity index (χ0v) is 17.4. The predicted molar refractivity (Wildman–Crippen MR) is 111 cm³/mol. The topological polar surface area (TPSA) is 54.5 Å². The number of hydrogen-bond donors (Lipinski definition) is 1. The van der Waals surface area contributed by atoms with Crippen molar-refractivity contribution in [2.45, 2.75) is 25.8 Å². The number of rotatable bonds is 5. The molecule has 8 heteroatoms. The predicted octanol–water partition coefficient (Wildman–Crippen LogP) is 3.88. The first-order valence-electron chi connectivity index (χ1n) is 8.36. The fourth-order valence-corrected chi connectivity index (χ4v) is 3.72. The quantitative estimate of drug-likeness (QED) is 0.801. The molecule has 2 aromatic rings. The van der Waals surface area contributed by atoms with Crippen molar-refractivity contribution in [2.75, 3.05) is 26.7 Å². The van der Waals surface area contributed by atoms with Gasteiger partial charge in [-0.25, -0.2) is 4.98 Å². The summed E-state index contributed by atoms with van der Waals surface area (Å²) in [5, 5.41) is 5.99. The molecular formula is C18H25Cl2N3O2S. The number of nitrogens with one attached hydrogen (secondary N) is 1. The molecule has 1 atom stereocenters. The molecule has 0 aliphatic carbocycles. The van der Waals surface area contributed by atoms with Gasteiger partial charge in [0.15, 0.2) is 0 Å². The Morgan fingerprint density at radius 3 is 2.73 bits per heavy atom. The average Bonchev–Trinajstić information content (AvgIpc) is 3.12. The Morgan fingerprint density at radius 1 is 1.35 bits per heavy atom. The molecule has 0 spiro atoms. The van der Waals surface area contributed by atoms with Gasteiger partial charge in [-0.15, -0.1) is 36.2 Å². The minimum atomic E-state index is 0. The Kier molecular flexibility index (Phi) is 9.36. The van der Waals surface area contributed by atoms with Crippen molar-refractivity contribution in [1.29, 1.82) is 0 Å². The molecule has 2 heterocycles. The lowest BCUT2D eigenvalue weighted by atomic mass is 10.1. The van der Waals surface area contributed by atoms with Crippen LogP contribution in [0.2, 0.25) is 0 Å². The second kappa shape index (κ2) is 10.7. The molecule has 1 aromatic carbocycles. The van der Waals surface area contributed by atoms with Crippen LogP contribution in [0.25, 0.3) is 10.6 Å². The van der Waals surface area contributed by atoms with Crippen LogP contribution < -0.4 is 10.1 Å². The molecule has 0 radical (unpaired) electrons. The van der Waals surface area contributed by atoms with E-state index in [1.807, 2.05) is 48.5 Å². The SMILES string of the molecule is CCOc1ccc(-c2nc(C(=O)N3CCCC(NC)C3)cs2)cc1.Cl.Cl. The maximum atomic E-state index is 12.7. The van der Waals surface area contributed by atoms with E-state index < -0.39 is 0 Å². The van der Waals surface area contributed by atoms with Crippen LogP contribution in [-0.4, -0.2) is 48.6 Å². The van der Waals surface area contributed by atoms with Gasteiger partial charge in [0.2, 0.25) is 0 Å². The molecular weight excluding hydrogens is 393 g/mol. The molecule has 0 bridgehead atoms. The molecule has 1 fully saturated rings. The highest BCUT2D eigenvalue weighted by molar-refractivity contribution is 7.13. The summed E-state index contributed by atoms with van der Waals surface area (Å²) in [6, 6.07) is 8.21. The number of hydrogen-bond acceptors (Lipinski definition) is 5. The zero-order chi connectivity index (χ0) is 16.9. The van der Waals surface area contributed by atoms with E-state index in [0.29, 0.717) is 18.3 Å². The van der Waals surface area contributed by atoms with Crippen molar-refractivity contribution >= 4 is 42.1 Å². The number of aromatic nitrogens is 1. The summed E-state index contributed by atoms with van der Waals surface area (Å²) in [4.78, 5) is 19.1. The minimum absolute atomic E-state index is 0. The maximum absolute atomic E-state index is 12.7. The van der Waals surface area contributed by atoms with Gasteiger partial charge in [0.1, 0.15) is 16.5 Å². The number of halogens is 2. The standard InChI is InChI=1S/C18H23N3O2S.2ClH/c1-3-23-15-8-6-13(7-9-15)17-20-16(12-24-17)18(22)21-10-4-5-14(11-21)19-2;;/h6-9,12,14,19H,3-5,10-11H2,1-2H3;2*1H. The first-order chi connectivity index (χ1) is 11.7. The molecule has 1 aromatic heterocycles. The van der Waals surface area contributed by atoms with Gasteiger partial charge in [0.05, 0.1) is 6.61 Å². The van der Waals surface area contributed by atoms with Crippen molar-refractivity contribution < 1.29 is 9.53 Å². The van der Waals surface area contributed by atoms with Crippen LogP contribution in [-0.2, 0) is 0 Å². The summed E-state index contributed by atoms with van der Waals surface area (Å²) in [5.41, 5.74) is 1.55. The number of likely N-dealkylation sites (N-methyl/N-ethyl adjacent to an activating group) is 1. The van der Waals surface area contributed by atoms with E-state index in [2.05, 4.69) is 10.3 Å². The van der Waals surface area contributed by atoms with Gasteiger partial charge in [0.25, 0.3) is 5.91 Å². The van der Waals surface area contributed by atoms with Crippen LogP contribution in [0.4, 0.5) is 0 Å². The number of carbonyl (C=O) groups is 1. The van der Waals surface area contributed by atoms with Crippen LogP contribution in [0.15, 0.2) is 29.6 Å². The van der Waals surface area contributed by atoms with E-state index >= 15 is 0 Å². The third kappa shape index (κ3) is 5.33. The summed E-state index contributed by atoms with van der Waals surface area (Å²) in [6.45, 7) is 4.18. The lowest BCUT2D eigenvalue weighted by Crippen LogP contribution is -2.47. The minimum Gasteiger partial charge on any atom is -0.494 e. The lowest BCUT2D eigenvalue weighted by molar-refractivity contribution is 0.0693. The molecule has 1 unspecified atom stereocenters. The van der Waals surface area contributed by atoms with E-state index in [-0.39, 0.29) is 30.7 Å². The number of amides is 1. The molecule has 5 nitrogen and oxygen atoms in total. The van der Waals surface area contributed by atoms with E-state index in [4.69, 9.17) is 4.74 Å². The normalized spacial score (nSPS) is 16.4. The number of likely N-dealkylation sites (tertiary alicyclic amines) is 1. The fraction of sp³-hybridized carbons (Fsp3) is 0.444. The van der Waals surface area contributed by atoms with Crippen molar-refractivity contribution in [3.63, 3.8) is 0 Å². The molecule has 1 aliphatic heterocycles. The van der Waals surface area contributed by atoms with Crippen molar-refractivity contribution in [1.82, 2.24) is 15.2 Å².